The number of para-hydroxylation sites is 1. The van der Waals surface area contributed by atoms with Crippen LogP contribution < -0.4 is 5.32 Å². The molecule has 154 valence electrons. The van der Waals surface area contributed by atoms with Crippen molar-refractivity contribution in [3.8, 4) is 0 Å². The standard InChI is InChI=1S/C22H22N4O3S/c1-15-23-20(29-25-15)14-30-18-11-9-16(10-12-18)22(28)26-13-5-8-19(26)21(27)24-17-6-3-2-4-7-17/h2-4,6-7,9-12,19H,5,8,13-14H2,1H3,(H,24,27). The molecule has 1 unspecified atom stereocenters. The van der Waals surface area contributed by atoms with Crippen LogP contribution in [-0.2, 0) is 10.5 Å². The molecule has 1 N–H and O–H groups in total. The first kappa shape index (κ1) is 20.2. The Labute approximate surface area is 178 Å². The molecule has 1 aromatic heterocycles. The van der Waals surface area contributed by atoms with Gasteiger partial charge >= 0.3 is 0 Å². The first-order chi connectivity index (χ1) is 14.6. The maximum atomic E-state index is 13.0. The smallest absolute Gasteiger partial charge is 0.254 e. The van der Waals surface area contributed by atoms with E-state index in [-0.39, 0.29) is 11.8 Å². The average Bonchev–Trinajstić information content (AvgIpc) is 3.42. The molecule has 1 fully saturated rings. The fourth-order valence-electron chi connectivity index (χ4n) is 3.43. The molecule has 30 heavy (non-hydrogen) atoms. The van der Waals surface area contributed by atoms with E-state index in [1.807, 2.05) is 42.5 Å². The third-order valence-electron chi connectivity index (χ3n) is 4.89. The van der Waals surface area contributed by atoms with E-state index in [2.05, 4.69) is 15.5 Å². The Bertz CT molecular complexity index is 1020. The van der Waals surface area contributed by atoms with Crippen LogP contribution in [0.5, 0.6) is 0 Å². The second kappa shape index (κ2) is 9.13. The quantitative estimate of drug-likeness (QED) is 0.606. The van der Waals surface area contributed by atoms with Gasteiger partial charge in [0, 0.05) is 22.7 Å². The molecule has 2 aromatic carbocycles. The van der Waals surface area contributed by atoms with Gasteiger partial charge in [0.2, 0.25) is 11.8 Å². The van der Waals surface area contributed by atoms with Crippen LogP contribution in [0.3, 0.4) is 0 Å². The molecule has 2 heterocycles. The van der Waals surface area contributed by atoms with Crippen molar-refractivity contribution in [3.63, 3.8) is 0 Å². The summed E-state index contributed by atoms with van der Waals surface area (Å²) in [6.07, 6.45) is 1.48. The van der Waals surface area contributed by atoms with Crippen molar-refractivity contribution in [1.82, 2.24) is 15.0 Å². The summed E-state index contributed by atoms with van der Waals surface area (Å²) in [5, 5.41) is 6.68. The normalized spacial score (nSPS) is 15.9. The molecular weight excluding hydrogens is 400 g/mol. The van der Waals surface area contributed by atoms with Gasteiger partial charge in [-0.3, -0.25) is 9.59 Å². The van der Waals surface area contributed by atoms with Gasteiger partial charge in [0.1, 0.15) is 6.04 Å². The lowest BCUT2D eigenvalue weighted by Gasteiger charge is -2.24. The van der Waals surface area contributed by atoms with E-state index in [0.717, 1.165) is 17.0 Å². The zero-order valence-electron chi connectivity index (χ0n) is 16.6. The van der Waals surface area contributed by atoms with E-state index in [1.165, 1.54) is 0 Å². The van der Waals surface area contributed by atoms with Gasteiger partial charge in [-0.05, 0) is 56.2 Å². The molecule has 1 aliphatic heterocycles. The zero-order chi connectivity index (χ0) is 20.9. The number of amides is 2. The number of rotatable bonds is 6. The van der Waals surface area contributed by atoms with E-state index >= 15 is 0 Å². The third-order valence-corrected chi connectivity index (χ3v) is 5.89. The minimum absolute atomic E-state index is 0.121. The van der Waals surface area contributed by atoms with Gasteiger partial charge in [-0.25, -0.2) is 0 Å². The molecule has 0 saturated carbocycles. The number of anilines is 1. The molecule has 1 aliphatic rings. The number of nitrogens with zero attached hydrogens (tertiary/aromatic N) is 3. The molecule has 3 aromatic rings. The van der Waals surface area contributed by atoms with Crippen LogP contribution in [0.15, 0.2) is 64.0 Å². The molecule has 1 atom stereocenters. The monoisotopic (exact) mass is 422 g/mol. The Morgan fingerprint density at radius 3 is 2.63 bits per heavy atom. The number of likely N-dealkylation sites (tertiary alicyclic amines) is 1. The first-order valence-corrected chi connectivity index (χ1v) is 10.8. The summed E-state index contributed by atoms with van der Waals surface area (Å²) in [7, 11) is 0. The maximum absolute atomic E-state index is 13.0. The number of nitrogens with one attached hydrogen (secondary N) is 1. The summed E-state index contributed by atoms with van der Waals surface area (Å²) in [6, 6.07) is 16.3. The average molecular weight is 423 g/mol. The predicted molar refractivity (Wildman–Crippen MR) is 114 cm³/mol. The van der Waals surface area contributed by atoms with Crippen LogP contribution >= 0.6 is 11.8 Å². The fourth-order valence-corrected chi connectivity index (χ4v) is 4.17. The number of aromatic nitrogens is 2. The Morgan fingerprint density at radius 2 is 1.93 bits per heavy atom. The third kappa shape index (κ3) is 4.71. The number of benzene rings is 2. The van der Waals surface area contributed by atoms with E-state index in [4.69, 9.17) is 4.52 Å². The molecule has 0 radical (unpaired) electrons. The van der Waals surface area contributed by atoms with Crippen LogP contribution in [0.1, 0.15) is 34.9 Å². The number of aryl methyl sites for hydroxylation is 1. The summed E-state index contributed by atoms with van der Waals surface area (Å²) in [4.78, 5) is 32.6. The van der Waals surface area contributed by atoms with Crippen LogP contribution in [0.4, 0.5) is 5.69 Å². The van der Waals surface area contributed by atoms with Gasteiger partial charge < -0.3 is 14.7 Å². The highest BCUT2D eigenvalue weighted by atomic mass is 32.2. The van der Waals surface area contributed by atoms with Crippen LogP contribution in [-0.4, -0.2) is 39.4 Å². The van der Waals surface area contributed by atoms with Crippen molar-refractivity contribution in [2.24, 2.45) is 0 Å². The molecule has 4 rings (SSSR count). The van der Waals surface area contributed by atoms with E-state index in [9.17, 15) is 9.59 Å². The van der Waals surface area contributed by atoms with E-state index < -0.39 is 6.04 Å². The molecule has 7 nitrogen and oxygen atoms in total. The van der Waals surface area contributed by atoms with Gasteiger partial charge in [0.05, 0.1) is 5.75 Å². The first-order valence-electron chi connectivity index (χ1n) is 9.79. The lowest BCUT2D eigenvalue weighted by Crippen LogP contribution is -2.43. The maximum Gasteiger partial charge on any atom is 0.254 e. The van der Waals surface area contributed by atoms with Crippen molar-refractivity contribution in [2.75, 3.05) is 11.9 Å². The van der Waals surface area contributed by atoms with Crippen molar-refractivity contribution >= 4 is 29.3 Å². The second-order valence-electron chi connectivity index (χ2n) is 7.06. The molecule has 1 saturated heterocycles. The lowest BCUT2D eigenvalue weighted by atomic mass is 10.1. The molecular formula is C22H22N4O3S. The molecule has 2 amide bonds. The van der Waals surface area contributed by atoms with Crippen molar-refractivity contribution in [3.05, 3.63) is 71.9 Å². The Morgan fingerprint density at radius 1 is 1.17 bits per heavy atom. The SMILES string of the molecule is Cc1noc(CSc2ccc(C(=O)N3CCCC3C(=O)Nc3ccccc3)cc2)n1. The predicted octanol–water partition coefficient (Wildman–Crippen LogP) is 3.91. The molecule has 0 spiro atoms. The van der Waals surface area contributed by atoms with Crippen LogP contribution in [0, 0.1) is 6.92 Å². The van der Waals surface area contributed by atoms with E-state index in [1.54, 1.807) is 35.7 Å². The zero-order valence-corrected chi connectivity index (χ0v) is 17.4. The number of thioether (sulfide) groups is 1. The molecule has 8 heteroatoms. The van der Waals surface area contributed by atoms with Crippen LogP contribution in [0.2, 0.25) is 0 Å². The highest BCUT2D eigenvalue weighted by Crippen LogP contribution is 2.25. The van der Waals surface area contributed by atoms with Gasteiger partial charge in [-0.15, -0.1) is 11.8 Å². The highest BCUT2D eigenvalue weighted by Gasteiger charge is 2.34. The van der Waals surface area contributed by atoms with Crippen molar-refractivity contribution in [1.29, 1.82) is 0 Å². The van der Waals surface area contributed by atoms with Gasteiger partial charge in [0.15, 0.2) is 5.82 Å². The number of hydrogen-bond donors (Lipinski definition) is 1. The minimum Gasteiger partial charge on any atom is -0.338 e. The fraction of sp³-hybridized carbons (Fsp3) is 0.273. The molecule has 0 bridgehead atoms. The topological polar surface area (TPSA) is 88.3 Å². The van der Waals surface area contributed by atoms with Crippen molar-refractivity contribution in [2.45, 2.75) is 36.5 Å². The summed E-state index contributed by atoms with van der Waals surface area (Å²) >= 11 is 1.56. The second-order valence-corrected chi connectivity index (χ2v) is 8.11. The highest BCUT2D eigenvalue weighted by molar-refractivity contribution is 7.98. The lowest BCUT2D eigenvalue weighted by molar-refractivity contribution is -0.119. The van der Waals surface area contributed by atoms with Gasteiger partial charge in [-0.2, -0.15) is 4.98 Å². The Hall–Kier alpha value is -3.13. The van der Waals surface area contributed by atoms with Crippen LogP contribution in [0.25, 0.3) is 0 Å². The summed E-state index contributed by atoms with van der Waals surface area (Å²) in [6.45, 7) is 2.36. The van der Waals surface area contributed by atoms with E-state index in [0.29, 0.717) is 36.0 Å². The largest absolute Gasteiger partial charge is 0.338 e. The number of carbonyl (C=O) groups is 2. The summed E-state index contributed by atoms with van der Waals surface area (Å²) in [5.74, 6) is 1.49. The van der Waals surface area contributed by atoms with Gasteiger partial charge in [0.25, 0.3) is 5.91 Å². The van der Waals surface area contributed by atoms with Gasteiger partial charge in [-0.1, -0.05) is 23.4 Å². The summed E-state index contributed by atoms with van der Waals surface area (Å²) < 4.78 is 5.11. The van der Waals surface area contributed by atoms with Crippen molar-refractivity contribution < 1.29 is 14.1 Å². The number of carbonyl (C=O) groups excluding carboxylic acids is 2. The Kier molecular flexibility index (Phi) is 6.13. The molecule has 0 aliphatic carbocycles. The minimum atomic E-state index is -0.451. The number of hydrogen-bond acceptors (Lipinski definition) is 6. The Balaban J connectivity index is 1.38. The summed E-state index contributed by atoms with van der Waals surface area (Å²) in [5.41, 5.74) is 1.31.